The summed E-state index contributed by atoms with van der Waals surface area (Å²) in [5, 5.41) is 19.3. The number of aliphatic hydroxyl groups excluding tert-OH is 2. The molecule has 2 heterocycles. The molecule has 7 nitrogen and oxygen atoms in total. The molecular weight excluding hydrogens is 437 g/mol. The van der Waals surface area contributed by atoms with Crippen LogP contribution in [0.15, 0.2) is 24.3 Å². The highest BCUT2D eigenvalue weighted by atomic mass is 19.1. The van der Waals surface area contributed by atoms with E-state index in [-0.39, 0.29) is 5.92 Å². The molecule has 0 radical (unpaired) electrons. The summed E-state index contributed by atoms with van der Waals surface area (Å²) < 4.78 is 13.6. The largest absolute Gasteiger partial charge is 0.393 e. The highest BCUT2D eigenvalue weighted by Gasteiger charge is 2.41. The number of nitrogens with two attached hydrogens (primary N) is 1. The number of nitrogens with zero attached hydrogens (tertiary/aromatic N) is 2. The fourth-order valence-corrected chi connectivity index (χ4v) is 6.29. The maximum Gasteiger partial charge on any atom is 0.253 e. The van der Waals surface area contributed by atoms with Gasteiger partial charge >= 0.3 is 0 Å². The minimum absolute atomic E-state index is 0.238. The van der Waals surface area contributed by atoms with Crippen molar-refractivity contribution in [2.45, 2.75) is 81.6 Å². The first-order valence-corrected chi connectivity index (χ1v) is 12.7. The van der Waals surface area contributed by atoms with Crippen LogP contribution in [-0.2, 0) is 4.79 Å². The summed E-state index contributed by atoms with van der Waals surface area (Å²) in [7, 11) is 0. The van der Waals surface area contributed by atoms with Gasteiger partial charge in [0, 0.05) is 37.3 Å². The normalized spacial score (nSPS) is 30.1. The van der Waals surface area contributed by atoms with Crippen molar-refractivity contribution in [1.82, 2.24) is 9.80 Å². The predicted octanol–water partition coefficient (Wildman–Crippen LogP) is 2.21. The van der Waals surface area contributed by atoms with Gasteiger partial charge in [-0.2, -0.15) is 0 Å². The highest BCUT2D eigenvalue weighted by Crippen LogP contribution is 2.43. The molecule has 2 saturated heterocycles. The molecule has 1 unspecified atom stereocenters. The number of carbonyl (C=O) groups excluding carboxylic acids is 2. The van der Waals surface area contributed by atoms with Gasteiger partial charge in [0.05, 0.1) is 6.61 Å². The van der Waals surface area contributed by atoms with Crippen molar-refractivity contribution in [3.05, 3.63) is 35.4 Å². The summed E-state index contributed by atoms with van der Waals surface area (Å²) in [6.45, 7) is 1.15. The number of hydrogen-bond donors (Lipinski definition) is 3. The van der Waals surface area contributed by atoms with Crippen LogP contribution in [0.2, 0.25) is 0 Å². The zero-order valence-electron chi connectivity index (χ0n) is 19.8. The van der Waals surface area contributed by atoms with Gasteiger partial charge in [0.15, 0.2) is 6.10 Å². The Morgan fingerprint density at radius 2 is 1.79 bits per heavy atom. The van der Waals surface area contributed by atoms with Gasteiger partial charge in [-0.25, -0.2) is 4.39 Å². The Morgan fingerprint density at radius 1 is 1.12 bits per heavy atom. The molecule has 3 fully saturated rings. The number of hydrogen-bond acceptors (Lipinski definition) is 5. The van der Waals surface area contributed by atoms with Crippen molar-refractivity contribution in [3.8, 4) is 0 Å². The number of amides is 2. The number of piperidine rings is 1. The fourth-order valence-electron chi connectivity index (χ4n) is 6.29. The quantitative estimate of drug-likeness (QED) is 0.508. The summed E-state index contributed by atoms with van der Waals surface area (Å²) in [5.74, 6) is -0.216. The molecule has 4 rings (SSSR count). The number of halogens is 1. The van der Waals surface area contributed by atoms with E-state index in [2.05, 4.69) is 11.0 Å². The van der Waals surface area contributed by atoms with Crippen molar-refractivity contribution >= 4 is 11.8 Å². The highest BCUT2D eigenvalue weighted by molar-refractivity contribution is 5.92. The Morgan fingerprint density at radius 3 is 2.41 bits per heavy atom. The first kappa shape index (κ1) is 25.1. The Kier molecular flexibility index (Phi) is 8.22. The Labute approximate surface area is 201 Å². The molecule has 1 saturated carbocycles. The SMILES string of the molecule is NC(=O)c1cccc(C2C[C@H]3CC[C@@H](C2)N3CCN(CC2CCC(F)CC2)C(=O)[C@@H](O)CO)c1. The fraction of sp³-hybridized carbons (Fsp3) is 0.692. The van der Waals surface area contributed by atoms with Gasteiger partial charge in [0.25, 0.3) is 5.91 Å². The molecule has 8 heteroatoms. The minimum atomic E-state index is -1.41. The summed E-state index contributed by atoms with van der Waals surface area (Å²) >= 11 is 0. The number of carbonyl (C=O) groups is 2. The van der Waals surface area contributed by atoms with E-state index in [1.807, 2.05) is 12.1 Å². The second-order valence-corrected chi connectivity index (χ2v) is 10.4. The molecule has 2 aliphatic heterocycles. The topological polar surface area (TPSA) is 107 Å². The molecule has 2 amide bonds. The Bertz CT molecular complexity index is 846. The van der Waals surface area contributed by atoms with Gasteiger partial charge in [-0.15, -0.1) is 0 Å². The monoisotopic (exact) mass is 475 g/mol. The molecule has 2 bridgehead atoms. The maximum atomic E-state index is 13.6. The molecule has 4 N–H and O–H groups in total. The van der Waals surface area contributed by atoms with Gasteiger partial charge in [-0.3, -0.25) is 14.5 Å². The van der Waals surface area contributed by atoms with E-state index in [1.54, 1.807) is 11.0 Å². The van der Waals surface area contributed by atoms with E-state index in [4.69, 9.17) is 5.73 Å². The number of aliphatic hydroxyl groups is 2. The lowest BCUT2D eigenvalue weighted by Gasteiger charge is -2.41. The zero-order valence-corrected chi connectivity index (χ0v) is 19.8. The average Bonchev–Trinajstić information content (AvgIpc) is 3.08. The summed E-state index contributed by atoms with van der Waals surface area (Å²) in [4.78, 5) is 28.5. The molecule has 4 atom stereocenters. The zero-order chi connectivity index (χ0) is 24.2. The van der Waals surface area contributed by atoms with Gasteiger partial charge in [-0.05, 0) is 80.9 Å². The molecule has 0 spiro atoms. The molecule has 1 aliphatic carbocycles. The number of alkyl halides is 1. The van der Waals surface area contributed by atoms with Crippen LogP contribution < -0.4 is 5.73 Å². The standard InChI is InChI=1S/C26H38FN3O4/c27-21-6-4-17(5-7-21)15-29(26(34)24(32)16-31)10-11-30-22-8-9-23(30)14-20(13-22)18-2-1-3-19(12-18)25(28)33/h1-3,12,17,20-24,31-32H,4-11,13-16H2,(H2,28,33)/t17?,20?,21?,22-,23+,24-/m0/s1. The van der Waals surface area contributed by atoms with Gasteiger partial charge in [-0.1, -0.05) is 12.1 Å². The molecule has 188 valence electrons. The minimum Gasteiger partial charge on any atom is -0.393 e. The van der Waals surface area contributed by atoms with Crippen molar-refractivity contribution < 1.29 is 24.2 Å². The van der Waals surface area contributed by atoms with Crippen LogP contribution in [0.25, 0.3) is 0 Å². The van der Waals surface area contributed by atoms with Crippen LogP contribution in [0.5, 0.6) is 0 Å². The van der Waals surface area contributed by atoms with E-state index >= 15 is 0 Å². The van der Waals surface area contributed by atoms with E-state index in [0.717, 1.165) is 45.1 Å². The maximum absolute atomic E-state index is 13.6. The third-order valence-electron chi connectivity index (χ3n) is 8.18. The number of primary amides is 1. The number of fused-ring (bicyclic) bond motifs is 2. The predicted molar refractivity (Wildman–Crippen MR) is 127 cm³/mol. The molecule has 0 aromatic heterocycles. The van der Waals surface area contributed by atoms with Crippen molar-refractivity contribution in [3.63, 3.8) is 0 Å². The molecule has 34 heavy (non-hydrogen) atoms. The second-order valence-electron chi connectivity index (χ2n) is 10.4. The average molecular weight is 476 g/mol. The first-order chi connectivity index (χ1) is 16.4. The lowest BCUT2D eigenvalue weighted by atomic mass is 9.84. The van der Waals surface area contributed by atoms with Gasteiger partial charge in [0.2, 0.25) is 5.91 Å². The van der Waals surface area contributed by atoms with Gasteiger partial charge in [0.1, 0.15) is 6.17 Å². The van der Waals surface area contributed by atoms with Crippen LogP contribution in [0.1, 0.15) is 73.2 Å². The van der Waals surface area contributed by atoms with E-state index in [9.17, 15) is 24.2 Å². The summed E-state index contributed by atoms with van der Waals surface area (Å²) in [6, 6.07) is 8.49. The smallest absolute Gasteiger partial charge is 0.253 e. The first-order valence-electron chi connectivity index (χ1n) is 12.7. The Balaban J connectivity index is 1.38. The Hall–Kier alpha value is -2.03. The number of benzene rings is 1. The van der Waals surface area contributed by atoms with E-state index < -0.39 is 30.7 Å². The summed E-state index contributed by atoms with van der Waals surface area (Å²) in [6.07, 6.45) is 4.66. The lowest BCUT2D eigenvalue weighted by Crippen LogP contribution is -2.50. The van der Waals surface area contributed by atoms with E-state index in [0.29, 0.717) is 49.5 Å². The summed E-state index contributed by atoms with van der Waals surface area (Å²) in [5.41, 5.74) is 7.18. The third kappa shape index (κ3) is 5.78. The van der Waals surface area contributed by atoms with Crippen LogP contribution >= 0.6 is 0 Å². The van der Waals surface area contributed by atoms with Crippen LogP contribution in [-0.4, -0.2) is 82.4 Å². The van der Waals surface area contributed by atoms with Crippen LogP contribution in [0, 0.1) is 5.92 Å². The molecule has 1 aromatic carbocycles. The van der Waals surface area contributed by atoms with Crippen molar-refractivity contribution in [1.29, 1.82) is 0 Å². The van der Waals surface area contributed by atoms with Crippen LogP contribution in [0.3, 0.4) is 0 Å². The lowest BCUT2D eigenvalue weighted by molar-refractivity contribution is -0.143. The van der Waals surface area contributed by atoms with E-state index in [1.165, 1.54) is 5.56 Å². The van der Waals surface area contributed by atoms with Crippen LogP contribution in [0.4, 0.5) is 4.39 Å². The van der Waals surface area contributed by atoms with Crippen molar-refractivity contribution in [2.75, 3.05) is 26.2 Å². The molecule has 1 aromatic rings. The molecule has 3 aliphatic rings. The van der Waals surface area contributed by atoms with Gasteiger partial charge < -0.3 is 20.8 Å². The van der Waals surface area contributed by atoms with Crippen molar-refractivity contribution in [2.24, 2.45) is 11.7 Å². The third-order valence-corrected chi connectivity index (χ3v) is 8.18. The number of rotatable bonds is 9. The second kappa shape index (κ2) is 11.1. The molecular formula is C26H38FN3O4.